The molecule has 0 aliphatic rings. The fourth-order valence-corrected chi connectivity index (χ4v) is 2.45. The number of hydrogen-bond acceptors (Lipinski definition) is 4. The van der Waals surface area contributed by atoms with Gasteiger partial charge in [-0.15, -0.1) is 0 Å². The number of rotatable bonds is 5. The van der Waals surface area contributed by atoms with Crippen molar-refractivity contribution in [3.8, 4) is 0 Å². The quantitative estimate of drug-likeness (QED) is 0.752. The smallest absolute Gasteiger partial charge is 0.416 e. The first-order chi connectivity index (χ1) is 13.1. The minimum Gasteiger partial charge on any atom is -0.457 e. The summed E-state index contributed by atoms with van der Waals surface area (Å²) in [5.41, 5.74) is -0.681. The Labute approximate surface area is 158 Å². The first kappa shape index (κ1) is 20.9. The second-order valence-electron chi connectivity index (χ2n) is 5.89. The van der Waals surface area contributed by atoms with Crippen LogP contribution in [-0.2, 0) is 27.1 Å². The number of hydrogen-bond donors (Lipinski definition) is 2. The van der Waals surface area contributed by atoms with Gasteiger partial charge in [0, 0.05) is 30.8 Å². The van der Waals surface area contributed by atoms with E-state index in [-0.39, 0.29) is 22.5 Å². The molecule has 148 valence electrons. The SMILES string of the molecule is CC(=O)Nc1cc(NC(C)=O)cc(C(=O)OCc2ccccc2C(F)(F)F)c1. The Bertz CT molecular complexity index is 876. The first-order valence-electron chi connectivity index (χ1n) is 8.09. The molecule has 2 rings (SSSR count). The molecular formula is C19H17F3N2O4. The van der Waals surface area contributed by atoms with Crippen LogP contribution in [0.25, 0.3) is 0 Å². The van der Waals surface area contributed by atoms with Crippen LogP contribution in [0.3, 0.4) is 0 Å². The van der Waals surface area contributed by atoms with Gasteiger partial charge in [-0.05, 0) is 24.3 Å². The Morgan fingerprint density at radius 2 is 1.46 bits per heavy atom. The molecule has 2 amide bonds. The van der Waals surface area contributed by atoms with Crippen molar-refractivity contribution >= 4 is 29.2 Å². The fraction of sp³-hybridized carbons (Fsp3) is 0.211. The number of anilines is 2. The summed E-state index contributed by atoms with van der Waals surface area (Å²) < 4.78 is 44.1. The van der Waals surface area contributed by atoms with Gasteiger partial charge in [-0.3, -0.25) is 9.59 Å². The molecule has 2 aromatic rings. The zero-order chi connectivity index (χ0) is 20.9. The Morgan fingerprint density at radius 3 is 1.96 bits per heavy atom. The van der Waals surface area contributed by atoms with Crippen LogP contribution in [0.4, 0.5) is 24.5 Å². The predicted molar refractivity (Wildman–Crippen MR) is 95.6 cm³/mol. The normalized spacial score (nSPS) is 10.9. The molecule has 0 aliphatic carbocycles. The molecular weight excluding hydrogens is 377 g/mol. The third-order valence-electron chi connectivity index (χ3n) is 3.49. The number of ether oxygens (including phenoxy) is 1. The highest BCUT2D eigenvalue weighted by Crippen LogP contribution is 2.32. The van der Waals surface area contributed by atoms with E-state index in [9.17, 15) is 27.6 Å². The second kappa shape index (κ2) is 8.55. The second-order valence-corrected chi connectivity index (χ2v) is 5.89. The monoisotopic (exact) mass is 394 g/mol. The zero-order valence-corrected chi connectivity index (χ0v) is 15.0. The van der Waals surface area contributed by atoms with Crippen molar-refractivity contribution in [2.24, 2.45) is 0 Å². The average molecular weight is 394 g/mol. The van der Waals surface area contributed by atoms with Gasteiger partial charge in [0.2, 0.25) is 11.8 Å². The van der Waals surface area contributed by atoms with Crippen molar-refractivity contribution in [3.63, 3.8) is 0 Å². The Balaban J connectivity index is 2.24. The third kappa shape index (κ3) is 5.83. The van der Waals surface area contributed by atoms with Gasteiger partial charge < -0.3 is 15.4 Å². The van der Waals surface area contributed by atoms with Gasteiger partial charge >= 0.3 is 12.1 Å². The molecule has 0 saturated heterocycles. The maximum absolute atomic E-state index is 13.0. The van der Waals surface area contributed by atoms with E-state index < -0.39 is 36.1 Å². The van der Waals surface area contributed by atoms with Gasteiger partial charge in [0.05, 0.1) is 11.1 Å². The molecule has 2 N–H and O–H groups in total. The summed E-state index contributed by atoms with van der Waals surface area (Å²) in [6.07, 6.45) is -4.58. The lowest BCUT2D eigenvalue weighted by atomic mass is 10.1. The molecule has 0 aromatic heterocycles. The van der Waals surface area contributed by atoms with Crippen molar-refractivity contribution in [2.45, 2.75) is 26.6 Å². The van der Waals surface area contributed by atoms with E-state index >= 15 is 0 Å². The molecule has 2 aromatic carbocycles. The minimum absolute atomic E-state index is 0.0421. The summed E-state index contributed by atoms with van der Waals surface area (Å²) in [4.78, 5) is 34.8. The number of halogens is 3. The van der Waals surface area contributed by atoms with Gasteiger partial charge in [-0.1, -0.05) is 18.2 Å². The van der Waals surface area contributed by atoms with Gasteiger partial charge in [0.25, 0.3) is 0 Å². The lowest BCUT2D eigenvalue weighted by Gasteiger charge is -2.14. The summed E-state index contributed by atoms with van der Waals surface area (Å²) in [6, 6.07) is 8.78. The highest BCUT2D eigenvalue weighted by Gasteiger charge is 2.33. The summed E-state index contributed by atoms with van der Waals surface area (Å²) in [7, 11) is 0. The number of alkyl halides is 3. The molecule has 0 saturated carbocycles. The molecule has 0 bridgehead atoms. The molecule has 0 radical (unpaired) electrons. The number of amides is 2. The van der Waals surface area contributed by atoms with E-state index in [0.29, 0.717) is 0 Å². The van der Waals surface area contributed by atoms with E-state index in [0.717, 1.165) is 6.07 Å². The lowest BCUT2D eigenvalue weighted by molar-refractivity contribution is -0.138. The maximum atomic E-state index is 13.0. The van der Waals surface area contributed by atoms with Crippen molar-refractivity contribution < 1.29 is 32.3 Å². The van der Waals surface area contributed by atoms with E-state index in [1.807, 2.05) is 0 Å². The molecule has 0 heterocycles. The summed E-state index contributed by atoms with van der Waals surface area (Å²) in [5, 5.41) is 4.94. The fourth-order valence-electron chi connectivity index (χ4n) is 2.45. The van der Waals surface area contributed by atoms with Crippen molar-refractivity contribution in [1.82, 2.24) is 0 Å². The van der Waals surface area contributed by atoms with Gasteiger partial charge in [-0.2, -0.15) is 13.2 Å². The summed E-state index contributed by atoms with van der Waals surface area (Å²) in [6.45, 7) is 1.93. The minimum atomic E-state index is -4.58. The Hall–Kier alpha value is -3.36. The molecule has 28 heavy (non-hydrogen) atoms. The van der Waals surface area contributed by atoms with Crippen LogP contribution in [0.1, 0.15) is 35.3 Å². The van der Waals surface area contributed by atoms with E-state index in [4.69, 9.17) is 4.74 Å². The van der Waals surface area contributed by atoms with E-state index in [2.05, 4.69) is 10.6 Å². The number of esters is 1. The average Bonchev–Trinajstić information content (AvgIpc) is 2.57. The largest absolute Gasteiger partial charge is 0.457 e. The summed E-state index contributed by atoms with van der Waals surface area (Å²) in [5.74, 6) is -1.72. The van der Waals surface area contributed by atoms with Crippen molar-refractivity contribution in [1.29, 1.82) is 0 Å². The van der Waals surface area contributed by atoms with Crippen LogP contribution in [-0.4, -0.2) is 17.8 Å². The number of carbonyl (C=O) groups is 3. The Kier molecular flexibility index (Phi) is 6.40. The van der Waals surface area contributed by atoms with Crippen LogP contribution in [0.5, 0.6) is 0 Å². The van der Waals surface area contributed by atoms with Crippen LogP contribution in [0.2, 0.25) is 0 Å². The molecule has 0 unspecified atom stereocenters. The Morgan fingerprint density at radius 1 is 0.929 bits per heavy atom. The van der Waals surface area contributed by atoms with E-state index in [1.165, 1.54) is 50.2 Å². The zero-order valence-electron chi connectivity index (χ0n) is 15.0. The standard InChI is InChI=1S/C19H17F3N2O4/c1-11(25)23-15-7-14(8-16(9-15)24-12(2)26)18(27)28-10-13-5-3-4-6-17(13)19(20,21)22/h3-9H,10H2,1-2H3,(H,23,25)(H,24,26). The third-order valence-corrected chi connectivity index (χ3v) is 3.49. The van der Waals surface area contributed by atoms with Crippen LogP contribution < -0.4 is 10.6 Å². The van der Waals surface area contributed by atoms with Crippen LogP contribution >= 0.6 is 0 Å². The van der Waals surface area contributed by atoms with Crippen molar-refractivity contribution in [2.75, 3.05) is 10.6 Å². The molecule has 6 nitrogen and oxygen atoms in total. The van der Waals surface area contributed by atoms with Gasteiger partial charge in [0.1, 0.15) is 6.61 Å². The van der Waals surface area contributed by atoms with Crippen molar-refractivity contribution in [3.05, 3.63) is 59.2 Å². The predicted octanol–water partition coefficient (Wildman–Crippen LogP) is 3.98. The van der Waals surface area contributed by atoms with Gasteiger partial charge in [-0.25, -0.2) is 4.79 Å². The molecule has 0 spiro atoms. The molecule has 9 heteroatoms. The molecule has 0 atom stereocenters. The number of benzene rings is 2. The van der Waals surface area contributed by atoms with Crippen LogP contribution in [0.15, 0.2) is 42.5 Å². The molecule has 0 fully saturated rings. The topological polar surface area (TPSA) is 84.5 Å². The molecule has 0 aliphatic heterocycles. The lowest BCUT2D eigenvalue weighted by Crippen LogP contribution is -2.13. The maximum Gasteiger partial charge on any atom is 0.416 e. The van der Waals surface area contributed by atoms with Crippen LogP contribution in [0, 0.1) is 0 Å². The number of nitrogens with one attached hydrogen (secondary N) is 2. The van der Waals surface area contributed by atoms with E-state index in [1.54, 1.807) is 0 Å². The first-order valence-corrected chi connectivity index (χ1v) is 8.09. The summed E-state index contributed by atoms with van der Waals surface area (Å²) >= 11 is 0. The highest BCUT2D eigenvalue weighted by atomic mass is 19.4. The van der Waals surface area contributed by atoms with Gasteiger partial charge in [0.15, 0.2) is 0 Å². The highest BCUT2D eigenvalue weighted by molar-refractivity contribution is 5.97. The number of carbonyl (C=O) groups excluding carboxylic acids is 3.